The molecule has 2 bridgehead atoms. The second-order valence-corrected chi connectivity index (χ2v) is 18.2. The minimum Gasteiger partial charge on any atom is -0.496 e. The number of aromatic amines is 1. The first-order valence-corrected chi connectivity index (χ1v) is 21.2. The van der Waals surface area contributed by atoms with Crippen molar-refractivity contribution in [2.75, 3.05) is 66.0 Å². The maximum Gasteiger partial charge on any atom is 0.344 e. The number of carbonyl (C=O) groups is 3. The molecule has 1 aliphatic carbocycles. The molecule has 10 atom stereocenters. The van der Waals surface area contributed by atoms with Gasteiger partial charge in [0, 0.05) is 90.9 Å². The predicted octanol–water partition coefficient (Wildman–Crippen LogP) is 3.99. The van der Waals surface area contributed by atoms with Gasteiger partial charge in [0.15, 0.2) is 6.10 Å². The Labute approximate surface area is 345 Å². The van der Waals surface area contributed by atoms with Gasteiger partial charge in [0.25, 0.3) is 0 Å². The third kappa shape index (κ3) is 5.20. The standard InChI is InChI=1S/C46H58N4O9/c1-8-42(54)23-28-24-45(40(52)57-6,36-30(15-19-49(25-28)26-42)29-13-10-11-14-33(29)47-36)32-21-31-34(22-35(32)56-5)48(4)38-44(31)17-20-50-18-12-16-43(9-2,37(44)50)39(59-27(3)51)46(38,55)41(53)58-7/h10-14,16,21-22,28,37-39,47,54-55H,8-9,15,17-20,23-26H2,1-7H3/t28-,37+,38-,39?,42+,43-,44?,45+,46+/m1/s1. The van der Waals surface area contributed by atoms with Crippen LogP contribution in [0.15, 0.2) is 48.6 Å². The van der Waals surface area contributed by atoms with Crippen LogP contribution in [0.3, 0.4) is 0 Å². The average Bonchev–Trinajstić information content (AvgIpc) is 3.90. The lowest BCUT2D eigenvalue weighted by Crippen LogP contribution is -2.81. The van der Waals surface area contributed by atoms with Crippen LogP contribution in [0.1, 0.15) is 75.3 Å². The molecule has 5 aliphatic heterocycles. The Morgan fingerprint density at radius 1 is 0.949 bits per heavy atom. The van der Waals surface area contributed by atoms with E-state index in [0.717, 1.165) is 33.4 Å². The zero-order chi connectivity index (χ0) is 41.9. The molecule has 59 heavy (non-hydrogen) atoms. The number of para-hydroxylation sites is 1. The molecule has 3 N–H and O–H groups in total. The number of aliphatic hydroxyl groups is 2. The van der Waals surface area contributed by atoms with Gasteiger partial charge in [-0.3, -0.25) is 19.4 Å². The number of aromatic nitrogens is 1. The lowest BCUT2D eigenvalue weighted by Gasteiger charge is -2.63. The molecule has 3 fully saturated rings. The van der Waals surface area contributed by atoms with Crippen LogP contribution in [0, 0.1) is 11.3 Å². The summed E-state index contributed by atoms with van der Waals surface area (Å²) in [6, 6.07) is 11.0. The van der Waals surface area contributed by atoms with Gasteiger partial charge >= 0.3 is 17.9 Å². The minimum absolute atomic E-state index is 0.0986. The van der Waals surface area contributed by atoms with Gasteiger partial charge in [-0.1, -0.05) is 44.2 Å². The van der Waals surface area contributed by atoms with Crippen LogP contribution in [0.4, 0.5) is 5.69 Å². The number of anilines is 1. The third-order valence-electron chi connectivity index (χ3n) is 15.6. The highest BCUT2D eigenvalue weighted by atomic mass is 16.6. The molecule has 0 amide bonds. The number of rotatable bonds is 7. The van der Waals surface area contributed by atoms with Gasteiger partial charge in [0.05, 0.1) is 33.0 Å². The van der Waals surface area contributed by atoms with E-state index in [1.54, 1.807) is 7.11 Å². The van der Waals surface area contributed by atoms with E-state index in [2.05, 4.69) is 39.1 Å². The van der Waals surface area contributed by atoms with Gasteiger partial charge in [-0.05, 0) is 74.2 Å². The van der Waals surface area contributed by atoms with Gasteiger partial charge in [0.1, 0.15) is 11.2 Å². The average molecular weight is 811 g/mol. The van der Waals surface area contributed by atoms with E-state index < -0.39 is 57.5 Å². The SMILES string of the molecule is CC[C@]1(O)C[C@H]2CN(CCc3c([nH]c4ccccc34)[C@@](C(=O)OC)(c3cc4c(cc3OC)N(C)[C@@H]3C45CCN4CC=C[C@@](CC)(C(OC(C)=O)[C@]3(O)C(=O)OC)[C@H]45)C2)C1. The topological polar surface area (TPSA) is 154 Å². The molecule has 1 spiro atoms. The van der Waals surface area contributed by atoms with Crippen LogP contribution in [-0.4, -0.2) is 133 Å². The maximum atomic E-state index is 15.3. The third-order valence-corrected chi connectivity index (χ3v) is 15.6. The molecule has 6 aliphatic rings. The van der Waals surface area contributed by atoms with Crippen LogP contribution in [0.25, 0.3) is 10.9 Å². The fourth-order valence-electron chi connectivity index (χ4n) is 13.5. The Balaban J connectivity index is 1.36. The molecule has 13 nitrogen and oxygen atoms in total. The van der Waals surface area contributed by atoms with Crippen LogP contribution in [-0.2, 0) is 45.8 Å². The monoisotopic (exact) mass is 810 g/mol. The van der Waals surface area contributed by atoms with Gasteiger partial charge in [-0.25, -0.2) is 4.79 Å². The maximum absolute atomic E-state index is 15.3. The number of methoxy groups -OCH3 is 3. The highest BCUT2D eigenvalue weighted by molar-refractivity contribution is 5.95. The summed E-state index contributed by atoms with van der Waals surface area (Å²) < 4.78 is 23.9. The van der Waals surface area contributed by atoms with E-state index in [9.17, 15) is 19.8 Å². The van der Waals surface area contributed by atoms with Crippen molar-refractivity contribution in [3.63, 3.8) is 0 Å². The number of fused-ring (bicyclic) bond motifs is 6. The summed E-state index contributed by atoms with van der Waals surface area (Å²) in [4.78, 5) is 53.2. The Morgan fingerprint density at radius 3 is 2.41 bits per heavy atom. The summed E-state index contributed by atoms with van der Waals surface area (Å²) in [5, 5.41) is 26.3. The summed E-state index contributed by atoms with van der Waals surface area (Å²) in [7, 11) is 6.15. The van der Waals surface area contributed by atoms with E-state index >= 15 is 4.79 Å². The quantitative estimate of drug-likeness (QED) is 0.180. The molecule has 13 heteroatoms. The number of hydrogen-bond acceptors (Lipinski definition) is 12. The molecule has 1 saturated carbocycles. The Bertz CT molecular complexity index is 2260. The van der Waals surface area contributed by atoms with Gasteiger partial charge < -0.3 is 39.0 Å². The van der Waals surface area contributed by atoms with Crippen molar-refractivity contribution in [3.8, 4) is 5.75 Å². The Hall–Kier alpha value is -4.43. The molecule has 9 rings (SSSR count). The van der Waals surface area contributed by atoms with Gasteiger partial charge in [-0.2, -0.15) is 0 Å². The van der Waals surface area contributed by atoms with Gasteiger partial charge in [-0.15, -0.1) is 0 Å². The number of H-pyrrole nitrogens is 1. The number of likely N-dealkylation sites (N-methyl/N-ethyl adjacent to an activating group) is 1. The van der Waals surface area contributed by atoms with Crippen molar-refractivity contribution >= 4 is 34.5 Å². The lowest BCUT2D eigenvalue weighted by atomic mass is 9.47. The summed E-state index contributed by atoms with van der Waals surface area (Å²) in [6.07, 6.45) is 5.94. The number of piperidine rings is 1. The Kier molecular flexibility index (Phi) is 9.36. The van der Waals surface area contributed by atoms with Crippen molar-refractivity contribution in [2.24, 2.45) is 11.3 Å². The number of benzene rings is 2. The first kappa shape index (κ1) is 40.0. The molecule has 2 aromatic carbocycles. The number of ether oxygens (including phenoxy) is 4. The van der Waals surface area contributed by atoms with E-state index in [1.807, 2.05) is 50.1 Å². The van der Waals surface area contributed by atoms with Crippen molar-refractivity contribution in [3.05, 3.63) is 70.9 Å². The second-order valence-electron chi connectivity index (χ2n) is 18.2. The minimum atomic E-state index is -2.30. The number of nitrogens with zero attached hydrogens (tertiary/aromatic N) is 3. The highest BCUT2D eigenvalue weighted by Crippen LogP contribution is 2.68. The highest BCUT2D eigenvalue weighted by Gasteiger charge is 2.80. The van der Waals surface area contributed by atoms with E-state index in [0.29, 0.717) is 82.6 Å². The first-order chi connectivity index (χ1) is 28.2. The summed E-state index contributed by atoms with van der Waals surface area (Å²) >= 11 is 0. The largest absolute Gasteiger partial charge is 0.496 e. The number of carbonyl (C=O) groups excluding carboxylic acids is 3. The first-order valence-electron chi connectivity index (χ1n) is 21.2. The van der Waals surface area contributed by atoms with Crippen LogP contribution in [0.2, 0.25) is 0 Å². The van der Waals surface area contributed by atoms with Crippen molar-refractivity contribution in [2.45, 2.75) is 99.5 Å². The molecule has 0 radical (unpaired) electrons. The van der Waals surface area contributed by atoms with Crippen molar-refractivity contribution < 1.29 is 43.5 Å². The number of nitrogens with one attached hydrogen (secondary N) is 1. The molecule has 6 heterocycles. The Morgan fingerprint density at radius 2 is 1.71 bits per heavy atom. The van der Waals surface area contributed by atoms with Gasteiger partial charge in [0.2, 0.25) is 5.60 Å². The smallest absolute Gasteiger partial charge is 0.344 e. The fourth-order valence-corrected chi connectivity index (χ4v) is 13.5. The summed E-state index contributed by atoms with van der Waals surface area (Å²) in [5.74, 6) is -1.56. The predicted molar refractivity (Wildman–Crippen MR) is 220 cm³/mol. The summed E-state index contributed by atoms with van der Waals surface area (Å²) in [5.41, 5.74) is -1.62. The molecule has 3 unspecified atom stereocenters. The molecule has 2 saturated heterocycles. The molecular weight excluding hydrogens is 753 g/mol. The normalized spacial score (nSPS) is 37.0. The van der Waals surface area contributed by atoms with Crippen LogP contribution < -0.4 is 9.64 Å². The molecule has 3 aromatic rings. The van der Waals surface area contributed by atoms with E-state index in [1.165, 1.54) is 21.1 Å². The molecule has 1 aromatic heterocycles. The fraction of sp³-hybridized carbons (Fsp3) is 0.587. The van der Waals surface area contributed by atoms with Crippen molar-refractivity contribution in [1.29, 1.82) is 0 Å². The van der Waals surface area contributed by atoms with Crippen LogP contribution in [0.5, 0.6) is 5.75 Å². The zero-order valence-corrected chi connectivity index (χ0v) is 35.3. The zero-order valence-electron chi connectivity index (χ0n) is 35.3. The van der Waals surface area contributed by atoms with E-state index in [-0.39, 0.29) is 12.0 Å². The molecular formula is C46H58N4O9. The summed E-state index contributed by atoms with van der Waals surface area (Å²) in [6.45, 7) is 8.62. The van der Waals surface area contributed by atoms with Crippen LogP contribution >= 0.6 is 0 Å². The van der Waals surface area contributed by atoms with Crippen molar-refractivity contribution in [1.82, 2.24) is 14.8 Å². The number of hydrogen-bond donors (Lipinski definition) is 3. The second kappa shape index (κ2) is 13.8. The van der Waals surface area contributed by atoms with E-state index in [4.69, 9.17) is 18.9 Å². The number of esters is 3. The lowest BCUT2D eigenvalue weighted by molar-refractivity contribution is -0.228. The molecule has 316 valence electrons.